The lowest BCUT2D eigenvalue weighted by Gasteiger charge is -2.19. The zero-order valence-electron chi connectivity index (χ0n) is 9.04. The van der Waals surface area contributed by atoms with Crippen molar-refractivity contribution in [2.24, 2.45) is 0 Å². The van der Waals surface area contributed by atoms with E-state index in [1.807, 2.05) is 0 Å². The molecule has 0 aliphatic carbocycles. The van der Waals surface area contributed by atoms with Gasteiger partial charge in [0.1, 0.15) is 6.67 Å². The number of hydrogen-bond acceptors (Lipinski definition) is 0. The Morgan fingerprint density at radius 2 is 1.41 bits per heavy atom. The van der Waals surface area contributed by atoms with Gasteiger partial charge < -0.3 is 0 Å². The lowest BCUT2D eigenvalue weighted by Crippen LogP contribution is -2.17. The van der Waals surface area contributed by atoms with Gasteiger partial charge in [-0.15, -0.1) is 0 Å². The third kappa shape index (κ3) is 2.18. The molecule has 0 fully saturated rings. The summed E-state index contributed by atoms with van der Waals surface area (Å²) in [6, 6.07) is 13.1. The Kier molecular flexibility index (Phi) is 3.18. The van der Waals surface area contributed by atoms with E-state index in [0.717, 1.165) is 0 Å². The first kappa shape index (κ1) is 11.7. The maximum absolute atomic E-state index is 14.2. The van der Waals surface area contributed by atoms with Gasteiger partial charge in [-0.3, -0.25) is 0 Å². The Morgan fingerprint density at radius 1 is 0.824 bits per heavy atom. The van der Waals surface area contributed by atoms with E-state index < -0.39 is 12.6 Å². The van der Waals surface area contributed by atoms with Crippen molar-refractivity contribution in [1.29, 1.82) is 0 Å². The minimum Gasteiger partial charge on any atom is -0.246 e. The molecular formula is C14H11F3. The topological polar surface area (TPSA) is 0 Å². The maximum atomic E-state index is 14.2. The van der Waals surface area contributed by atoms with Crippen LogP contribution in [-0.2, 0) is 12.6 Å². The Balaban J connectivity index is 2.51. The molecule has 2 aromatic rings. The summed E-state index contributed by atoms with van der Waals surface area (Å²) in [6.07, 6.45) is 0. The normalized spacial score (nSPS) is 11.5. The number of halogens is 3. The Labute approximate surface area is 97.7 Å². The molecule has 0 unspecified atom stereocenters. The van der Waals surface area contributed by atoms with Crippen molar-refractivity contribution in [3.05, 3.63) is 71.3 Å². The largest absolute Gasteiger partial charge is 0.298 e. The number of hydrogen-bond donors (Lipinski definition) is 0. The van der Waals surface area contributed by atoms with Gasteiger partial charge in [-0.25, -0.2) is 4.39 Å². The van der Waals surface area contributed by atoms with Crippen LogP contribution in [0.1, 0.15) is 16.7 Å². The Morgan fingerprint density at radius 3 is 2.06 bits per heavy atom. The number of rotatable bonds is 3. The van der Waals surface area contributed by atoms with Crippen LogP contribution in [0.25, 0.3) is 0 Å². The fraction of sp³-hybridized carbons (Fsp3) is 0.143. The molecule has 0 nitrogen and oxygen atoms in total. The van der Waals surface area contributed by atoms with Crippen molar-refractivity contribution < 1.29 is 13.2 Å². The summed E-state index contributed by atoms with van der Waals surface area (Å²) >= 11 is 0. The molecule has 0 saturated heterocycles. The lowest BCUT2D eigenvalue weighted by molar-refractivity contribution is 0.0413. The fourth-order valence-corrected chi connectivity index (χ4v) is 1.75. The van der Waals surface area contributed by atoms with Gasteiger partial charge in [0, 0.05) is 11.1 Å². The second-order valence-electron chi connectivity index (χ2n) is 3.73. The van der Waals surface area contributed by atoms with Crippen LogP contribution in [0, 0.1) is 0 Å². The SMILES string of the molecule is FCc1ccccc1C(F)(F)c1ccccc1. The average Bonchev–Trinajstić information content (AvgIpc) is 2.39. The molecular weight excluding hydrogens is 225 g/mol. The predicted octanol–water partition coefficient (Wildman–Crippen LogP) is 4.30. The fourth-order valence-electron chi connectivity index (χ4n) is 1.75. The highest BCUT2D eigenvalue weighted by Crippen LogP contribution is 2.37. The molecule has 0 bridgehead atoms. The highest BCUT2D eigenvalue weighted by Gasteiger charge is 2.35. The number of benzene rings is 2. The predicted molar refractivity (Wildman–Crippen MR) is 60.7 cm³/mol. The second-order valence-corrected chi connectivity index (χ2v) is 3.73. The van der Waals surface area contributed by atoms with E-state index in [1.165, 1.54) is 30.3 Å². The van der Waals surface area contributed by atoms with E-state index in [0.29, 0.717) is 0 Å². The van der Waals surface area contributed by atoms with Gasteiger partial charge in [-0.05, 0) is 5.56 Å². The summed E-state index contributed by atoms with van der Waals surface area (Å²) in [5, 5.41) is 0. The molecule has 2 aromatic carbocycles. The van der Waals surface area contributed by atoms with Crippen molar-refractivity contribution in [1.82, 2.24) is 0 Å². The van der Waals surface area contributed by atoms with Crippen LogP contribution in [-0.4, -0.2) is 0 Å². The first-order chi connectivity index (χ1) is 8.16. The summed E-state index contributed by atoms with van der Waals surface area (Å²) < 4.78 is 41.0. The van der Waals surface area contributed by atoms with Gasteiger partial charge in [0.2, 0.25) is 0 Å². The molecule has 0 spiro atoms. The lowest BCUT2D eigenvalue weighted by atomic mass is 9.96. The summed E-state index contributed by atoms with van der Waals surface area (Å²) in [6.45, 7) is -0.890. The van der Waals surface area contributed by atoms with Gasteiger partial charge in [-0.2, -0.15) is 8.78 Å². The number of alkyl halides is 3. The molecule has 3 heteroatoms. The molecule has 0 aromatic heterocycles. The quantitative estimate of drug-likeness (QED) is 0.745. The summed E-state index contributed by atoms with van der Waals surface area (Å²) in [4.78, 5) is 0. The summed E-state index contributed by atoms with van der Waals surface area (Å²) in [5.74, 6) is -3.16. The van der Waals surface area contributed by atoms with Crippen LogP contribution in [0.5, 0.6) is 0 Å². The zero-order valence-corrected chi connectivity index (χ0v) is 9.04. The monoisotopic (exact) mass is 236 g/mol. The molecule has 0 heterocycles. The minimum atomic E-state index is -3.16. The van der Waals surface area contributed by atoms with Crippen LogP contribution < -0.4 is 0 Å². The highest BCUT2D eigenvalue weighted by molar-refractivity contribution is 5.38. The van der Waals surface area contributed by atoms with Crippen LogP contribution >= 0.6 is 0 Å². The van der Waals surface area contributed by atoms with E-state index in [9.17, 15) is 13.2 Å². The third-order valence-corrected chi connectivity index (χ3v) is 2.64. The third-order valence-electron chi connectivity index (χ3n) is 2.64. The van der Waals surface area contributed by atoms with Gasteiger partial charge in [0.25, 0.3) is 5.92 Å². The summed E-state index contributed by atoms with van der Waals surface area (Å²) in [7, 11) is 0. The minimum absolute atomic E-state index is 0.0290. The van der Waals surface area contributed by atoms with Crippen molar-refractivity contribution >= 4 is 0 Å². The molecule has 0 atom stereocenters. The maximum Gasteiger partial charge on any atom is 0.298 e. The Bertz CT molecular complexity index is 492. The van der Waals surface area contributed by atoms with E-state index >= 15 is 0 Å². The standard InChI is InChI=1S/C14H11F3/c15-10-11-6-4-5-9-13(11)14(16,17)12-7-2-1-3-8-12/h1-9H,10H2. The molecule has 17 heavy (non-hydrogen) atoms. The first-order valence-electron chi connectivity index (χ1n) is 5.24. The second kappa shape index (κ2) is 4.62. The van der Waals surface area contributed by atoms with Crippen LogP contribution in [0.3, 0.4) is 0 Å². The summed E-state index contributed by atoms with van der Waals surface area (Å²) in [5.41, 5.74) is -0.365. The molecule has 0 aliphatic rings. The molecule has 0 radical (unpaired) electrons. The van der Waals surface area contributed by atoms with E-state index in [2.05, 4.69) is 0 Å². The van der Waals surface area contributed by atoms with Crippen molar-refractivity contribution in [3.63, 3.8) is 0 Å². The van der Waals surface area contributed by atoms with E-state index in [-0.39, 0.29) is 16.7 Å². The van der Waals surface area contributed by atoms with Gasteiger partial charge >= 0.3 is 0 Å². The van der Waals surface area contributed by atoms with Crippen molar-refractivity contribution in [2.75, 3.05) is 0 Å². The van der Waals surface area contributed by atoms with Crippen LogP contribution in [0.2, 0.25) is 0 Å². The highest BCUT2D eigenvalue weighted by atomic mass is 19.3. The molecule has 0 amide bonds. The van der Waals surface area contributed by atoms with E-state index in [1.54, 1.807) is 24.3 Å². The smallest absolute Gasteiger partial charge is 0.246 e. The van der Waals surface area contributed by atoms with Gasteiger partial charge in [0.15, 0.2) is 0 Å². The van der Waals surface area contributed by atoms with Gasteiger partial charge in [0.05, 0.1) is 0 Å². The molecule has 2 rings (SSSR count). The zero-order chi connectivity index (χ0) is 12.3. The van der Waals surface area contributed by atoms with Crippen LogP contribution in [0.15, 0.2) is 54.6 Å². The first-order valence-corrected chi connectivity index (χ1v) is 5.24. The average molecular weight is 236 g/mol. The molecule has 0 saturated carbocycles. The molecule has 0 N–H and O–H groups in total. The molecule has 88 valence electrons. The van der Waals surface area contributed by atoms with Crippen molar-refractivity contribution in [3.8, 4) is 0 Å². The van der Waals surface area contributed by atoms with Crippen molar-refractivity contribution in [2.45, 2.75) is 12.6 Å². The Hall–Kier alpha value is -1.77. The van der Waals surface area contributed by atoms with E-state index in [4.69, 9.17) is 0 Å². The van der Waals surface area contributed by atoms with Crippen LogP contribution in [0.4, 0.5) is 13.2 Å². The molecule has 0 aliphatic heterocycles. The van der Waals surface area contributed by atoms with Gasteiger partial charge in [-0.1, -0.05) is 54.6 Å².